The van der Waals surface area contributed by atoms with Crippen molar-refractivity contribution in [1.82, 2.24) is 5.32 Å². The molecule has 1 aromatic rings. The molecule has 4 heteroatoms. The van der Waals surface area contributed by atoms with E-state index in [1.165, 1.54) is 11.6 Å². The number of carbonyl (C=O) groups is 2. The summed E-state index contributed by atoms with van der Waals surface area (Å²) in [5.74, 6) is -0.207. The Labute approximate surface area is 197 Å². The van der Waals surface area contributed by atoms with Gasteiger partial charge in [0, 0.05) is 17.9 Å². The van der Waals surface area contributed by atoms with Crippen LogP contribution in [0.5, 0.6) is 0 Å². The van der Waals surface area contributed by atoms with E-state index >= 15 is 0 Å². The minimum absolute atomic E-state index is 0.0965. The second-order valence-electron chi connectivity index (χ2n) is 10.4. The lowest BCUT2D eigenvalue weighted by atomic mass is 9.55. The molecule has 1 heterocycles. The van der Waals surface area contributed by atoms with Crippen LogP contribution in [0.4, 0.5) is 0 Å². The van der Waals surface area contributed by atoms with E-state index in [9.17, 15) is 14.7 Å². The molecular formula is C29H37NO3. The molecule has 1 amide bonds. The van der Waals surface area contributed by atoms with E-state index in [1.807, 2.05) is 18.2 Å². The maximum absolute atomic E-state index is 13.9. The van der Waals surface area contributed by atoms with Gasteiger partial charge in [-0.05, 0) is 49.7 Å². The number of amides is 1. The van der Waals surface area contributed by atoms with Crippen molar-refractivity contribution in [2.75, 3.05) is 0 Å². The Morgan fingerprint density at radius 2 is 1.85 bits per heavy atom. The first-order valence-electron chi connectivity index (χ1n) is 12.4. The van der Waals surface area contributed by atoms with E-state index in [1.54, 1.807) is 6.08 Å². The lowest BCUT2D eigenvalue weighted by Crippen LogP contribution is -2.51. The van der Waals surface area contributed by atoms with Crippen LogP contribution in [0.25, 0.3) is 0 Å². The van der Waals surface area contributed by atoms with Gasteiger partial charge in [-0.3, -0.25) is 9.59 Å². The average Bonchev–Trinajstić information content (AvgIpc) is 3.08. The molecule has 2 N–H and O–H groups in total. The second kappa shape index (κ2) is 9.80. The number of hydrogen-bond acceptors (Lipinski definition) is 3. The molecule has 0 bridgehead atoms. The fraction of sp³-hybridized carbons (Fsp3) is 0.517. The summed E-state index contributed by atoms with van der Waals surface area (Å²) in [5.41, 5.74) is 1.21. The van der Waals surface area contributed by atoms with Crippen molar-refractivity contribution in [3.63, 3.8) is 0 Å². The molecule has 3 aliphatic rings. The standard InChI is InChI=1S/C29H37NO3/c1-19-9-7-13-23-17-20(2)21(3)27-25(18-22-11-5-4-6-12-22)30-28(33)29(23,27)26(32)16-15-24(31)14-8-10-19/h4-7,11-13,15-17,19,21,23-25,27,31H,8-10,14,18H2,1-3H3,(H,30,33)/t19-,21+,23-,24+,25-,27-,29+/m0/s1. The highest BCUT2D eigenvalue weighted by Crippen LogP contribution is 2.54. The van der Waals surface area contributed by atoms with E-state index < -0.39 is 11.5 Å². The number of aliphatic hydroxyl groups is 1. The first-order chi connectivity index (χ1) is 15.8. The molecule has 1 aliphatic heterocycles. The molecule has 1 fully saturated rings. The van der Waals surface area contributed by atoms with Gasteiger partial charge >= 0.3 is 0 Å². The summed E-state index contributed by atoms with van der Waals surface area (Å²) in [4.78, 5) is 27.7. The lowest BCUT2D eigenvalue weighted by molar-refractivity contribution is -0.142. The van der Waals surface area contributed by atoms with Crippen LogP contribution in [0.1, 0.15) is 52.0 Å². The highest BCUT2D eigenvalue weighted by Gasteiger charge is 2.64. The van der Waals surface area contributed by atoms with Crippen molar-refractivity contribution in [2.45, 2.75) is 65.0 Å². The molecule has 0 radical (unpaired) electrons. The molecule has 176 valence electrons. The normalized spacial score (nSPS) is 37.2. The summed E-state index contributed by atoms with van der Waals surface area (Å²) in [7, 11) is 0. The maximum atomic E-state index is 13.9. The molecule has 0 saturated carbocycles. The molecule has 0 unspecified atom stereocenters. The van der Waals surface area contributed by atoms with Gasteiger partial charge in [0.15, 0.2) is 5.78 Å². The van der Waals surface area contributed by atoms with Gasteiger partial charge in [0.05, 0.1) is 6.10 Å². The topological polar surface area (TPSA) is 66.4 Å². The third kappa shape index (κ3) is 4.50. The molecular weight excluding hydrogens is 410 g/mol. The Balaban J connectivity index is 1.80. The van der Waals surface area contributed by atoms with Crippen LogP contribution in [0, 0.1) is 29.1 Å². The van der Waals surface area contributed by atoms with E-state index in [4.69, 9.17) is 0 Å². The largest absolute Gasteiger partial charge is 0.389 e. The van der Waals surface area contributed by atoms with Crippen LogP contribution in [0.2, 0.25) is 0 Å². The van der Waals surface area contributed by atoms with Gasteiger partial charge in [-0.15, -0.1) is 0 Å². The predicted molar refractivity (Wildman–Crippen MR) is 131 cm³/mol. The highest BCUT2D eigenvalue weighted by atomic mass is 16.3. The Morgan fingerprint density at radius 3 is 2.61 bits per heavy atom. The zero-order chi connectivity index (χ0) is 23.6. The molecule has 1 spiro atoms. The quantitative estimate of drug-likeness (QED) is 0.506. The van der Waals surface area contributed by atoms with Crippen LogP contribution in [0.3, 0.4) is 0 Å². The van der Waals surface area contributed by atoms with E-state index in [0.29, 0.717) is 18.8 Å². The SMILES string of the molecule is CC1=C[C@@H]2C=CC[C@H](C)CCC[C@@H](O)C=CC(=O)[C@]23C(=O)N[C@@H](Cc2ccccc2)[C@@H]3[C@@H]1C. The number of aliphatic hydroxyl groups excluding tert-OH is 1. The van der Waals surface area contributed by atoms with E-state index in [2.05, 4.69) is 56.4 Å². The Morgan fingerprint density at radius 1 is 1.09 bits per heavy atom. The van der Waals surface area contributed by atoms with Crippen LogP contribution >= 0.6 is 0 Å². The highest BCUT2D eigenvalue weighted by molar-refractivity contribution is 6.13. The second-order valence-corrected chi connectivity index (χ2v) is 10.4. The maximum Gasteiger partial charge on any atom is 0.235 e. The number of hydrogen-bond donors (Lipinski definition) is 2. The zero-order valence-corrected chi connectivity index (χ0v) is 20.0. The van der Waals surface area contributed by atoms with E-state index in [0.717, 1.165) is 24.8 Å². The third-order valence-corrected chi connectivity index (χ3v) is 8.13. The Hall–Kier alpha value is -2.46. The van der Waals surface area contributed by atoms with Crippen LogP contribution < -0.4 is 5.32 Å². The first kappa shape index (κ1) is 23.7. The number of rotatable bonds is 2. The molecule has 33 heavy (non-hydrogen) atoms. The summed E-state index contributed by atoms with van der Waals surface area (Å²) >= 11 is 0. The fourth-order valence-corrected chi connectivity index (χ4v) is 6.19. The number of benzene rings is 1. The third-order valence-electron chi connectivity index (χ3n) is 8.13. The first-order valence-corrected chi connectivity index (χ1v) is 12.4. The molecule has 0 aromatic heterocycles. The fourth-order valence-electron chi connectivity index (χ4n) is 6.19. The van der Waals surface area contributed by atoms with Gasteiger partial charge in [0.1, 0.15) is 5.41 Å². The van der Waals surface area contributed by atoms with Gasteiger partial charge in [-0.25, -0.2) is 0 Å². The minimum Gasteiger partial charge on any atom is -0.389 e. The van der Waals surface area contributed by atoms with Crippen molar-refractivity contribution in [3.05, 3.63) is 71.8 Å². The smallest absolute Gasteiger partial charge is 0.235 e. The van der Waals surface area contributed by atoms with Crippen LogP contribution in [-0.4, -0.2) is 28.9 Å². The minimum atomic E-state index is -1.18. The zero-order valence-electron chi connectivity index (χ0n) is 20.0. The molecule has 4 rings (SSSR count). The molecule has 1 aromatic carbocycles. The summed E-state index contributed by atoms with van der Waals surface area (Å²) in [5, 5.41) is 13.7. The van der Waals surface area contributed by atoms with Gasteiger partial charge in [-0.1, -0.05) is 86.9 Å². The van der Waals surface area contributed by atoms with Gasteiger partial charge in [-0.2, -0.15) is 0 Å². The Kier molecular flexibility index (Phi) is 7.04. The van der Waals surface area contributed by atoms with Crippen molar-refractivity contribution in [1.29, 1.82) is 0 Å². The molecule has 2 aliphatic carbocycles. The Bertz CT molecular complexity index is 962. The number of carbonyl (C=O) groups excluding carboxylic acids is 2. The van der Waals surface area contributed by atoms with Crippen molar-refractivity contribution in [3.8, 4) is 0 Å². The molecule has 4 nitrogen and oxygen atoms in total. The van der Waals surface area contributed by atoms with Gasteiger partial charge in [0.25, 0.3) is 0 Å². The number of allylic oxidation sites excluding steroid dienone is 5. The summed E-state index contributed by atoms with van der Waals surface area (Å²) < 4.78 is 0. The van der Waals surface area contributed by atoms with Crippen LogP contribution in [-0.2, 0) is 16.0 Å². The molecule has 1 saturated heterocycles. The summed E-state index contributed by atoms with van der Waals surface area (Å²) in [6.07, 6.45) is 13.0. The lowest BCUT2D eigenvalue weighted by Gasteiger charge is -2.44. The summed E-state index contributed by atoms with van der Waals surface area (Å²) in [6, 6.07) is 10.1. The van der Waals surface area contributed by atoms with Crippen molar-refractivity contribution in [2.24, 2.45) is 29.1 Å². The monoisotopic (exact) mass is 447 g/mol. The van der Waals surface area contributed by atoms with Gasteiger partial charge in [0.2, 0.25) is 5.91 Å². The predicted octanol–water partition coefficient (Wildman–Crippen LogP) is 4.79. The average molecular weight is 448 g/mol. The van der Waals surface area contributed by atoms with E-state index in [-0.39, 0.29) is 35.5 Å². The summed E-state index contributed by atoms with van der Waals surface area (Å²) in [6.45, 7) is 6.49. The van der Waals surface area contributed by atoms with Crippen molar-refractivity contribution >= 4 is 11.7 Å². The van der Waals surface area contributed by atoms with Crippen LogP contribution in [0.15, 0.2) is 66.3 Å². The van der Waals surface area contributed by atoms with Gasteiger partial charge < -0.3 is 10.4 Å². The number of ketones is 1. The molecule has 7 atom stereocenters. The van der Waals surface area contributed by atoms with Crippen molar-refractivity contribution < 1.29 is 14.7 Å². The number of nitrogens with one attached hydrogen (secondary N) is 1.